The van der Waals surface area contributed by atoms with E-state index in [4.69, 9.17) is 0 Å². The number of piperidine rings is 1. The predicted molar refractivity (Wildman–Crippen MR) is 113 cm³/mol. The first kappa shape index (κ1) is 19.6. The van der Waals surface area contributed by atoms with E-state index in [0.29, 0.717) is 12.2 Å². The summed E-state index contributed by atoms with van der Waals surface area (Å²) < 4.78 is 2.18. The summed E-state index contributed by atoms with van der Waals surface area (Å²) in [7, 11) is 0. The van der Waals surface area contributed by atoms with Gasteiger partial charge < -0.3 is 0 Å². The summed E-state index contributed by atoms with van der Waals surface area (Å²) in [5.41, 5.74) is 1.08. The highest BCUT2D eigenvalue weighted by molar-refractivity contribution is 8.00. The number of likely N-dealkylation sites (tertiary alicyclic amines) is 1. The van der Waals surface area contributed by atoms with Crippen molar-refractivity contribution < 1.29 is 4.79 Å². The van der Waals surface area contributed by atoms with Gasteiger partial charge in [0.1, 0.15) is 5.78 Å². The maximum absolute atomic E-state index is 12.6. The van der Waals surface area contributed by atoms with Crippen LogP contribution in [0.2, 0.25) is 0 Å². The first-order valence-corrected chi connectivity index (χ1v) is 11.6. The number of aromatic nitrogens is 3. The van der Waals surface area contributed by atoms with E-state index in [-0.39, 0.29) is 11.3 Å². The van der Waals surface area contributed by atoms with Crippen LogP contribution in [0.4, 0.5) is 0 Å². The van der Waals surface area contributed by atoms with Crippen molar-refractivity contribution >= 4 is 17.5 Å². The van der Waals surface area contributed by atoms with Crippen molar-refractivity contribution in [1.29, 1.82) is 0 Å². The molecule has 2 heterocycles. The van der Waals surface area contributed by atoms with Gasteiger partial charge in [0.15, 0.2) is 11.0 Å². The number of para-hydroxylation sites is 1. The fourth-order valence-corrected chi connectivity index (χ4v) is 5.48. The molecule has 2 aliphatic rings. The smallest absolute Gasteiger partial charge is 0.196 e. The van der Waals surface area contributed by atoms with Crippen LogP contribution >= 0.6 is 11.8 Å². The molecule has 1 aromatic carbocycles. The van der Waals surface area contributed by atoms with Crippen LogP contribution in [0, 0.1) is 0 Å². The van der Waals surface area contributed by atoms with Gasteiger partial charge in [0, 0.05) is 12.1 Å². The van der Waals surface area contributed by atoms with Gasteiger partial charge in [0.25, 0.3) is 0 Å². The molecule has 1 saturated heterocycles. The van der Waals surface area contributed by atoms with E-state index in [2.05, 4.69) is 50.9 Å². The number of carbonyl (C=O) groups is 1. The van der Waals surface area contributed by atoms with Gasteiger partial charge in [-0.1, -0.05) is 49.2 Å². The Kier molecular flexibility index (Phi) is 6.47. The van der Waals surface area contributed by atoms with Gasteiger partial charge in [-0.3, -0.25) is 14.3 Å². The Bertz CT molecular complexity index is 785. The third kappa shape index (κ3) is 4.33. The number of thioether (sulfide) groups is 1. The largest absolute Gasteiger partial charge is 0.298 e. The minimum absolute atomic E-state index is 0.00676. The van der Waals surface area contributed by atoms with Crippen LogP contribution in [0.5, 0.6) is 0 Å². The van der Waals surface area contributed by atoms with Crippen molar-refractivity contribution in [2.24, 2.45) is 0 Å². The number of benzene rings is 1. The fraction of sp³-hybridized carbons (Fsp3) is 0.591. The monoisotopic (exact) mass is 398 g/mol. The van der Waals surface area contributed by atoms with E-state index in [1.165, 1.54) is 19.3 Å². The minimum atomic E-state index is 0.00676. The first-order valence-electron chi connectivity index (χ1n) is 10.7. The average molecular weight is 399 g/mol. The van der Waals surface area contributed by atoms with E-state index in [1.807, 2.05) is 6.07 Å². The molecule has 150 valence electrons. The minimum Gasteiger partial charge on any atom is -0.298 e. The number of ketones is 1. The molecule has 2 unspecified atom stereocenters. The van der Waals surface area contributed by atoms with Crippen LogP contribution in [-0.4, -0.2) is 43.8 Å². The summed E-state index contributed by atoms with van der Waals surface area (Å²) in [6.07, 6.45) is 8.78. The number of nitrogens with zero attached hydrogens (tertiary/aromatic N) is 4. The van der Waals surface area contributed by atoms with Crippen LogP contribution < -0.4 is 0 Å². The Balaban J connectivity index is 1.66. The molecule has 2 aromatic rings. The third-order valence-electron chi connectivity index (χ3n) is 5.98. The van der Waals surface area contributed by atoms with Gasteiger partial charge in [-0.05, 0) is 57.8 Å². The van der Waals surface area contributed by atoms with E-state index in [9.17, 15) is 4.79 Å². The quantitative estimate of drug-likeness (QED) is 0.677. The normalized spacial score (nSPS) is 22.8. The second-order valence-corrected chi connectivity index (χ2v) is 9.13. The topological polar surface area (TPSA) is 51.0 Å². The van der Waals surface area contributed by atoms with Crippen LogP contribution in [-0.2, 0) is 4.79 Å². The van der Waals surface area contributed by atoms with Crippen LogP contribution in [0.1, 0.15) is 70.2 Å². The molecule has 28 heavy (non-hydrogen) atoms. The van der Waals surface area contributed by atoms with Crippen LogP contribution in [0.25, 0.3) is 5.69 Å². The zero-order valence-electron chi connectivity index (χ0n) is 16.7. The molecule has 0 amide bonds. The summed E-state index contributed by atoms with van der Waals surface area (Å²) in [4.78, 5) is 15.1. The number of carbonyl (C=O) groups excluding carboxylic acids is 1. The number of hydrogen-bond acceptors (Lipinski definition) is 5. The lowest BCUT2D eigenvalue weighted by atomic mass is 10.1. The molecule has 0 spiro atoms. The Morgan fingerprint density at radius 3 is 2.54 bits per heavy atom. The molecule has 4 rings (SSSR count). The molecule has 1 aliphatic heterocycles. The standard InChI is InChI=1S/C22H30N4OS/c1-17(25-15-9-4-10-16-25)21-23-24-22(26(21)18-11-5-2-6-12-18)28-20-14-8-3-7-13-19(20)27/h2,5-6,11-12,17,20H,3-4,7-10,13-16H2,1H3. The van der Waals surface area contributed by atoms with Gasteiger partial charge >= 0.3 is 0 Å². The average Bonchev–Trinajstić information content (AvgIpc) is 3.05. The van der Waals surface area contributed by atoms with Crippen LogP contribution in [0.3, 0.4) is 0 Å². The van der Waals surface area contributed by atoms with Gasteiger partial charge in [0.2, 0.25) is 0 Å². The van der Waals surface area contributed by atoms with E-state index >= 15 is 0 Å². The number of rotatable bonds is 5. The highest BCUT2D eigenvalue weighted by Gasteiger charge is 2.29. The number of Topliss-reactive ketones (excluding diaryl/α,β-unsaturated/α-hetero) is 1. The van der Waals surface area contributed by atoms with Gasteiger partial charge in [-0.15, -0.1) is 10.2 Å². The molecule has 1 saturated carbocycles. The highest BCUT2D eigenvalue weighted by atomic mass is 32.2. The summed E-state index contributed by atoms with van der Waals surface area (Å²) in [5.74, 6) is 1.35. The van der Waals surface area contributed by atoms with Crippen molar-refractivity contribution in [3.05, 3.63) is 36.2 Å². The lowest BCUT2D eigenvalue weighted by Crippen LogP contribution is -2.33. The van der Waals surface area contributed by atoms with Gasteiger partial charge in [-0.2, -0.15) is 0 Å². The van der Waals surface area contributed by atoms with Crippen molar-refractivity contribution in [2.75, 3.05) is 13.1 Å². The van der Waals surface area contributed by atoms with Gasteiger partial charge in [0.05, 0.1) is 11.3 Å². The molecule has 0 radical (unpaired) electrons. The molecular formula is C22H30N4OS. The lowest BCUT2D eigenvalue weighted by Gasteiger charge is -2.32. The molecule has 0 N–H and O–H groups in total. The Morgan fingerprint density at radius 1 is 1.00 bits per heavy atom. The predicted octanol–water partition coefficient (Wildman–Crippen LogP) is 4.81. The molecule has 1 aromatic heterocycles. The lowest BCUT2D eigenvalue weighted by molar-refractivity contribution is -0.118. The summed E-state index contributed by atoms with van der Waals surface area (Å²) in [6, 6.07) is 10.6. The first-order chi connectivity index (χ1) is 13.7. The summed E-state index contributed by atoms with van der Waals surface area (Å²) in [5, 5.41) is 10.0. The second kappa shape index (κ2) is 9.23. The number of hydrogen-bond donors (Lipinski definition) is 0. The molecule has 1 aliphatic carbocycles. The molecule has 2 atom stereocenters. The molecule has 5 nitrogen and oxygen atoms in total. The molecule has 6 heteroatoms. The summed E-state index contributed by atoms with van der Waals surface area (Å²) >= 11 is 1.61. The fourth-order valence-electron chi connectivity index (χ4n) is 4.30. The van der Waals surface area contributed by atoms with E-state index in [1.54, 1.807) is 11.8 Å². The molecule has 0 bridgehead atoms. The Hall–Kier alpha value is -1.66. The van der Waals surface area contributed by atoms with E-state index in [0.717, 1.165) is 55.4 Å². The molecule has 2 fully saturated rings. The maximum atomic E-state index is 12.6. The Morgan fingerprint density at radius 2 is 1.75 bits per heavy atom. The summed E-state index contributed by atoms with van der Waals surface area (Å²) in [6.45, 7) is 4.47. The Labute approximate surface area is 171 Å². The second-order valence-electron chi connectivity index (χ2n) is 7.96. The van der Waals surface area contributed by atoms with Crippen LogP contribution in [0.15, 0.2) is 35.5 Å². The third-order valence-corrected chi connectivity index (χ3v) is 7.24. The maximum Gasteiger partial charge on any atom is 0.196 e. The van der Waals surface area contributed by atoms with E-state index < -0.39 is 0 Å². The van der Waals surface area contributed by atoms with Crippen molar-refractivity contribution in [3.63, 3.8) is 0 Å². The SMILES string of the molecule is CC(c1nnc(SC2CCCCCC2=O)n1-c1ccccc1)N1CCCCC1. The zero-order chi connectivity index (χ0) is 19.3. The van der Waals surface area contributed by atoms with Crippen molar-refractivity contribution in [1.82, 2.24) is 19.7 Å². The van der Waals surface area contributed by atoms with Gasteiger partial charge in [-0.25, -0.2) is 0 Å². The molecular weight excluding hydrogens is 368 g/mol. The van der Waals surface area contributed by atoms with Crippen molar-refractivity contribution in [3.8, 4) is 5.69 Å². The van der Waals surface area contributed by atoms with Crippen molar-refractivity contribution in [2.45, 2.75) is 74.7 Å². The highest BCUT2D eigenvalue weighted by Crippen LogP contribution is 2.34. The zero-order valence-corrected chi connectivity index (χ0v) is 17.5.